The maximum atomic E-state index is 4.70. The third-order valence-electron chi connectivity index (χ3n) is 4.31. The van der Waals surface area contributed by atoms with Crippen LogP contribution in [0.25, 0.3) is 5.69 Å². The molecular weight excluding hydrogens is 282 g/mol. The van der Waals surface area contributed by atoms with Crippen molar-refractivity contribution >= 4 is 5.69 Å². The number of nitrogens with one attached hydrogen (secondary N) is 1. The number of aromatic nitrogens is 2. The van der Waals surface area contributed by atoms with Gasteiger partial charge in [0, 0.05) is 6.04 Å². The van der Waals surface area contributed by atoms with Crippen molar-refractivity contribution in [1.82, 2.24) is 9.78 Å². The fourth-order valence-electron chi connectivity index (χ4n) is 3.04. The van der Waals surface area contributed by atoms with Crippen LogP contribution in [0.5, 0.6) is 0 Å². The molecule has 0 radical (unpaired) electrons. The van der Waals surface area contributed by atoms with Gasteiger partial charge in [0.1, 0.15) is 0 Å². The molecule has 1 unspecified atom stereocenters. The van der Waals surface area contributed by atoms with Crippen LogP contribution in [0.2, 0.25) is 0 Å². The van der Waals surface area contributed by atoms with E-state index in [1.54, 1.807) is 0 Å². The van der Waals surface area contributed by atoms with Gasteiger partial charge < -0.3 is 5.32 Å². The highest BCUT2D eigenvalue weighted by molar-refractivity contribution is 5.56. The molecule has 1 atom stereocenters. The summed E-state index contributed by atoms with van der Waals surface area (Å²) < 4.78 is 2.00. The van der Waals surface area contributed by atoms with Crippen molar-refractivity contribution in [2.75, 3.05) is 5.32 Å². The first-order chi connectivity index (χ1) is 11.1. The van der Waals surface area contributed by atoms with Crippen molar-refractivity contribution in [3.05, 3.63) is 77.1 Å². The topological polar surface area (TPSA) is 29.9 Å². The lowest BCUT2D eigenvalue weighted by Gasteiger charge is -2.18. The molecule has 3 heteroatoms. The summed E-state index contributed by atoms with van der Waals surface area (Å²) >= 11 is 0. The molecule has 118 valence electrons. The highest BCUT2D eigenvalue weighted by Gasteiger charge is 2.16. The number of aryl methyl sites for hydroxylation is 2. The highest BCUT2D eigenvalue weighted by Crippen LogP contribution is 2.28. The average Bonchev–Trinajstić information content (AvgIpc) is 2.84. The molecule has 0 spiro atoms. The summed E-state index contributed by atoms with van der Waals surface area (Å²) in [4.78, 5) is 0. The summed E-state index contributed by atoms with van der Waals surface area (Å²) in [7, 11) is 0. The average molecular weight is 305 g/mol. The number of anilines is 1. The molecular formula is C20H23N3. The van der Waals surface area contributed by atoms with E-state index in [2.05, 4.69) is 69.4 Å². The molecule has 23 heavy (non-hydrogen) atoms. The van der Waals surface area contributed by atoms with Gasteiger partial charge >= 0.3 is 0 Å². The second-order valence-electron chi connectivity index (χ2n) is 6.02. The van der Waals surface area contributed by atoms with Crippen LogP contribution in [0.3, 0.4) is 0 Å². The van der Waals surface area contributed by atoms with E-state index in [-0.39, 0.29) is 6.04 Å². The van der Waals surface area contributed by atoms with Crippen LogP contribution in [-0.4, -0.2) is 9.78 Å². The smallest absolute Gasteiger partial charge is 0.0832 e. The number of para-hydroxylation sites is 1. The lowest BCUT2D eigenvalue weighted by molar-refractivity contribution is 0.832. The largest absolute Gasteiger partial charge is 0.376 e. The second-order valence-corrected chi connectivity index (χ2v) is 6.02. The Balaban J connectivity index is 1.93. The molecule has 1 N–H and O–H groups in total. The summed E-state index contributed by atoms with van der Waals surface area (Å²) in [5.74, 6) is 0. The van der Waals surface area contributed by atoms with E-state index >= 15 is 0 Å². The normalized spacial score (nSPS) is 12.2. The van der Waals surface area contributed by atoms with Crippen molar-refractivity contribution in [1.29, 1.82) is 0 Å². The van der Waals surface area contributed by atoms with Crippen LogP contribution >= 0.6 is 0 Å². The van der Waals surface area contributed by atoms with Crippen LogP contribution < -0.4 is 5.32 Å². The molecule has 0 aliphatic carbocycles. The number of benzene rings is 2. The van der Waals surface area contributed by atoms with Gasteiger partial charge in [-0.1, -0.05) is 42.5 Å². The summed E-state index contributed by atoms with van der Waals surface area (Å²) in [5.41, 5.74) is 6.98. The molecule has 0 fully saturated rings. The van der Waals surface area contributed by atoms with Gasteiger partial charge in [0.05, 0.1) is 22.8 Å². The Morgan fingerprint density at radius 1 is 0.913 bits per heavy atom. The lowest BCUT2D eigenvalue weighted by Crippen LogP contribution is -2.09. The number of hydrogen-bond acceptors (Lipinski definition) is 2. The Hall–Kier alpha value is -2.55. The zero-order chi connectivity index (χ0) is 16.4. The Morgan fingerprint density at radius 2 is 1.57 bits per heavy atom. The van der Waals surface area contributed by atoms with Gasteiger partial charge in [-0.3, -0.25) is 0 Å². The molecule has 1 aromatic heterocycles. The molecule has 0 saturated heterocycles. The van der Waals surface area contributed by atoms with Crippen molar-refractivity contribution in [3.8, 4) is 5.69 Å². The van der Waals surface area contributed by atoms with E-state index in [9.17, 15) is 0 Å². The molecule has 0 saturated carbocycles. The molecule has 3 rings (SSSR count). The van der Waals surface area contributed by atoms with Gasteiger partial charge in [-0.2, -0.15) is 5.10 Å². The molecule has 2 aromatic carbocycles. The van der Waals surface area contributed by atoms with E-state index in [1.807, 2.05) is 22.9 Å². The Kier molecular flexibility index (Phi) is 4.20. The first kappa shape index (κ1) is 15.3. The first-order valence-electron chi connectivity index (χ1n) is 8.01. The third kappa shape index (κ3) is 3.00. The Labute approximate surface area is 138 Å². The van der Waals surface area contributed by atoms with Crippen molar-refractivity contribution < 1.29 is 0 Å². The standard InChI is InChI=1S/C20H23N3/c1-14-10-8-9-13-19(14)15(2)21-20-16(3)22-23(17(20)4)18-11-6-5-7-12-18/h5-13,15,21H,1-4H3. The monoisotopic (exact) mass is 305 g/mol. The lowest BCUT2D eigenvalue weighted by atomic mass is 10.0. The molecule has 1 heterocycles. The van der Waals surface area contributed by atoms with Crippen LogP contribution in [0.4, 0.5) is 5.69 Å². The summed E-state index contributed by atoms with van der Waals surface area (Å²) in [6.07, 6.45) is 0. The van der Waals surface area contributed by atoms with Gasteiger partial charge in [0.25, 0.3) is 0 Å². The minimum Gasteiger partial charge on any atom is -0.376 e. The Morgan fingerprint density at radius 3 is 2.26 bits per heavy atom. The predicted octanol–water partition coefficient (Wildman–Crippen LogP) is 4.97. The maximum Gasteiger partial charge on any atom is 0.0832 e. The Bertz CT molecular complexity index is 803. The molecule has 0 bridgehead atoms. The van der Waals surface area contributed by atoms with Crippen LogP contribution in [-0.2, 0) is 0 Å². The summed E-state index contributed by atoms with van der Waals surface area (Å²) in [5, 5.41) is 8.35. The molecule has 3 aromatic rings. The second kappa shape index (κ2) is 6.29. The molecule has 0 aliphatic heterocycles. The zero-order valence-electron chi connectivity index (χ0n) is 14.2. The fraction of sp³-hybridized carbons (Fsp3) is 0.250. The fourth-order valence-corrected chi connectivity index (χ4v) is 3.04. The molecule has 3 nitrogen and oxygen atoms in total. The summed E-state index contributed by atoms with van der Waals surface area (Å²) in [6, 6.07) is 19.0. The maximum absolute atomic E-state index is 4.70. The van der Waals surface area contributed by atoms with Crippen LogP contribution in [0.15, 0.2) is 54.6 Å². The van der Waals surface area contributed by atoms with E-state index in [4.69, 9.17) is 5.10 Å². The van der Waals surface area contributed by atoms with Gasteiger partial charge in [-0.25, -0.2) is 4.68 Å². The van der Waals surface area contributed by atoms with Crippen molar-refractivity contribution in [3.63, 3.8) is 0 Å². The van der Waals surface area contributed by atoms with Crippen LogP contribution in [0.1, 0.15) is 35.5 Å². The predicted molar refractivity (Wildman–Crippen MR) is 96.3 cm³/mol. The summed E-state index contributed by atoms with van der Waals surface area (Å²) in [6.45, 7) is 8.51. The van der Waals surface area contributed by atoms with E-state index in [1.165, 1.54) is 11.1 Å². The minimum atomic E-state index is 0.238. The van der Waals surface area contributed by atoms with Crippen molar-refractivity contribution in [2.24, 2.45) is 0 Å². The number of nitrogens with zero attached hydrogens (tertiary/aromatic N) is 2. The van der Waals surface area contributed by atoms with Gasteiger partial charge in [-0.05, 0) is 51.0 Å². The zero-order valence-corrected chi connectivity index (χ0v) is 14.2. The highest BCUT2D eigenvalue weighted by atomic mass is 15.3. The third-order valence-corrected chi connectivity index (χ3v) is 4.31. The number of hydrogen-bond donors (Lipinski definition) is 1. The first-order valence-corrected chi connectivity index (χ1v) is 8.01. The minimum absolute atomic E-state index is 0.238. The van der Waals surface area contributed by atoms with Crippen molar-refractivity contribution in [2.45, 2.75) is 33.7 Å². The molecule has 0 aliphatic rings. The van der Waals surface area contributed by atoms with E-state index in [0.717, 1.165) is 22.8 Å². The quantitative estimate of drug-likeness (QED) is 0.737. The van der Waals surface area contributed by atoms with Gasteiger partial charge in [-0.15, -0.1) is 0 Å². The number of rotatable bonds is 4. The SMILES string of the molecule is Cc1ccccc1C(C)Nc1c(C)nn(-c2ccccc2)c1C. The van der Waals surface area contributed by atoms with E-state index < -0.39 is 0 Å². The molecule has 0 amide bonds. The van der Waals surface area contributed by atoms with Gasteiger partial charge in [0.15, 0.2) is 0 Å². The van der Waals surface area contributed by atoms with Gasteiger partial charge in [0.2, 0.25) is 0 Å². The van der Waals surface area contributed by atoms with Crippen LogP contribution in [0, 0.1) is 20.8 Å². The van der Waals surface area contributed by atoms with E-state index in [0.29, 0.717) is 0 Å².